The van der Waals surface area contributed by atoms with Crippen LogP contribution in [0.3, 0.4) is 0 Å². The fourth-order valence-corrected chi connectivity index (χ4v) is 4.37. The van der Waals surface area contributed by atoms with Gasteiger partial charge in [0.1, 0.15) is 0 Å². The molecule has 1 saturated heterocycles. The molecule has 1 amide bonds. The number of carbonyl (C=O) groups excluding carboxylic acids is 2. The topological polar surface area (TPSA) is 108 Å². The second-order valence-corrected chi connectivity index (χ2v) is 8.71. The zero-order chi connectivity index (χ0) is 24.2. The molecule has 0 saturated carbocycles. The van der Waals surface area contributed by atoms with E-state index in [0.717, 1.165) is 29.7 Å². The number of aromatic amines is 2. The quantitative estimate of drug-likeness (QED) is 0.234. The molecule has 9 heteroatoms. The Hall–Kier alpha value is -4.24. The van der Waals surface area contributed by atoms with E-state index in [4.69, 9.17) is 12.2 Å². The molecule has 2 aromatic heterocycles. The van der Waals surface area contributed by atoms with Crippen LogP contribution in [0.5, 0.6) is 0 Å². The number of aromatic nitrogens is 5. The van der Waals surface area contributed by atoms with Crippen molar-refractivity contribution in [2.45, 2.75) is 19.3 Å². The normalized spacial score (nSPS) is 15.3. The molecular formula is C26H22N6O2S. The van der Waals surface area contributed by atoms with Crippen LogP contribution < -0.4 is 0 Å². The Bertz CT molecular complexity index is 1390. The van der Waals surface area contributed by atoms with Gasteiger partial charge in [0.25, 0.3) is 5.91 Å². The van der Waals surface area contributed by atoms with Crippen molar-refractivity contribution in [1.29, 1.82) is 0 Å². The van der Waals surface area contributed by atoms with E-state index < -0.39 is 0 Å². The summed E-state index contributed by atoms with van der Waals surface area (Å²) in [5, 5.41) is 14.0. The van der Waals surface area contributed by atoms with Crippen molar-refractivity contribution in [3.63, 3.8) is 0 Å². The summed E-state index contributed by atoms with van der Waals surface area (Å²) in [5.41, 5.74) is 4.70. The SMILES string of the molecule is O=C1CC(=S)N(CCCc2ccccc2)C(=O)/C1=C/c1ccc(-c2ccc(-c3nn[nH]n3)cc2)[nH]1. The van der Waals surface area contributed by atoms with Crippen molar-refractivity contribution in [2.24, 2.45) is 0 Å². The summed E-state index contributed by atoms with van der Waals surface area (Å²) in [6, 6.07) is 21.6. The van der Waals surface area contributed by atoms with Gasteiger partial charge in [-0.25, -0.2) is 0 Å². The van der Waals surface area contributed by atoms with Crippen molar-refractivity contribution in [1.82, 2.24) is 30.5 Å². The molecule has 0 radical (unpaired) electrons. The number of rotatable bonds is 7. The van der Waals surface area contributed by atoms with Crippen LogP contribution in [-0.2, 0) is 16.0 Å². The van der Waals surface area contributed by atoms with E-state index in [-0.39, 0.29) is 23.7 Å². The van der Waals surface area contributed by atoms with Gasteiger partial charge in [0, 0.05) is 23.5 Å². The highest BCUT2D eigenvalue weighted by atomic mass is 32.1. The van der Waals surface area contributed by atoms with Crippen LogP contribution in [0.2, 0.25) is 0 Å². The van der Waals surface area contributed by atoms with E-state index in [1.807, 2.05) is 54.6 Å². The minimum atomic E-state index is -0.333. The molecule has 35 heavy (non-hydrogen) atoms. The van der Waals surface area contributed by atoms with Gasteiger partial charge in [-0.05, 0) is 47.4 Å². The lowest BCUT2D eigenvalue weighted by molar-refractivity contribution is -0.128. The van der Waals surface area contributed by atoms with E-state index in [1.165, 1.54) is 5.56 Å². The van der Waals surface area contributed by atoms with E-state index in [1.54, 1.807) is 11.0 Å². The molecule has 0 aliphatic carbocycles. The van der Waals surface area contributed by atoms with Crippen LogP contribution in [-0.4, -0.2) is 53.7 Å². The van der Waals surface area contributed by atoms with Crippen LogP contribution in [0.1, 0.15) is 24.1 Å². The number of thiocarbonyl (C=S) groups is 1. The zero-order valence-corrected chi connectivity index (χ0v) is 19.6. The van der Waals surface area contributed by atoms with Crippen LogP contribution >= 0.6 is 12.2 Å². The minimum Gasteiger partial charge on any atom is -0.355 e. The van der Waals surface area contributed by atoms with Crippen LogP contribution in [0.25, 0.3) is 28.7 Å². The highest BCUT2D eigenvalue weighted by Gasteiger charge is 2.33. The van der Waals surface area contributed by atoms with Crippen molar-refractivity contribution in [3.05, 3.63) is 83.6 Å². The first-order chi connectivity index (χ1) is 17.1. The Morgan fingerprint density at radius 1 is 0.971 bits per heavy atom. The van der Waals surface area contributed by atoms with Gasteiger partial charge in [0.15, 0.2) is 5.78 Å². The van der Waals surface area contributed by atoms with Gasteiger partial charge >= 0.3 is 0 Å². The molecule has 1 aliphatic heterocycles. The van der Waals surface area contributed by atoms with E-state index in [2.05, 4.69) is 37.7 Å². The van der Waals surface area contributed by atoms with E-state index >= 15 is 0 Å². The number of likely N-dealkylation sites (tertiary alicyclic amines) is 1. The van der Waals surface area contributed by atoms with Gasteiger partial charge in [-0.3, -0.25) is 9.59 Å². The maximum absolute atomic E-state index is 13.1. The Morgan fingerprint density at radius 3 is 2.49 bits per heavy atom. The predicted octanol–water partition coefficient (Wildman–Crippen LogP) is 4.01. The third kappa shape index (κ3) is 4.99. The summed E-state index contributed by atoms with van der Waals surface area (Å²) in [6.07, 6.45) is 3.30. The number of Topliss-reactive ketones (excluding diaryl/α,β-unsaturated/α-hetero) is 1. The number of benzene rings is 2. The average molecular weight is 483 g/mol. The lowest BCUT2D eigenvalue weighted by atomic mass is 10.00. The average Bonchev–Trinajstić information content (AvgIpc) is 3.57. The Morgan fingerprint density at radius 2 is 1.74 bits per heavy atom. The Labute approximate surface area is 207 Å². The number of aryl methyl sites for hydroxylation is 1. The molecule has 174 valence electrons. The molecule has 3 heterocycles. The molecular weight excluding hydrogens is 460 g/mol. The molecule has 0 bridgehead atoms. The van der Waals surface area contributed by atoms with Crippen LogP contribution in [0, 0.1) is 0 Å². The standard InChI is InChI=1S/C26H22N6O2S/c33-23-16-24(35)32(14-4-7-17-5-2-1-3-6-17)26(34)21(23)15-20-12-13-22(27-20)18-8-10-19(11-9-18)25-28-30-31-29-25/h1-3,5-6,8-13,15,27H,4,7,14,16H2,(H,28,29,30,31)/b21-15+. The number of nitrogens with one attached hydrogen (secondary N) is 2. The fourth-order valence-electron chi connectivity index (χ4n) is 4.06. The van der Waals surface area contributed by atoms with E-state index in [0.29, 0.717) is 23.1 Å². The summed E-state index contributed by atoms with van der Waals surface area (Å²) in [7, 11) is 0. The second kappa shape index (κ2) is 9.94. The molecule has 0 atom stereocenters. The first-order valence-corrected chi connectivity index (χ1v) is 11.7. The Balaban J connectivity index is 1.29. The van der Waals surface area contributed by atoms with Crippen molar-refractivity contribution in [2.75, 3.05) is 6.54 Å². The number of hydrogen-bond acceptors (Lipinski definition) is 6. The number of piperidine rings is 1. The molecule has 8 nitrogen and oxygen atoms in total. The third-order valence-electron chi connectivity index (χ3n) is 5.89. The number of tetrazole rings is 1. The van der Waals surface area contributed by atoms with Crippen LogP contribution in [0.4, 0.5) is 0 Å². The number of nitrogens with zero attached hydrogens (tertiary/aromatic N) is 4. The Kier molecular flexibility index (Phi) is 6.40. The van der Waals surface area contributed by atoms with Gasteiger partial charge in [-0.1, -0.05) is 66.8 Å². The summed E-state index contributed by atoms with van der Waals surface area (Å²) in [6.45, 7) is 0.486. The van der Waals surface area contributed by atoms with Gasteiger partial charge < -0.3 is 9.88 Å². The predicted molar refractivity (Wildman–Crippen MR) is 136 cm³/mol. The summed E-state index contributed by atoms with van der Waals surface area (Å²) in [5.74, 6) is -0.0612. The van der Waals surface area contributed by atoms with Crippen LogP contribution in [0.15, 0.2) is 72.3 Å². The highest BCUT2D eigenvalue weighted by molar-refractivity contribution is 7.80. The summed E-state index contributed by atoms with van der Waals surface area (Å²) in [4.78, 5) is 31.0. The lowest BCUT2D eigenvalue weighted by Gasteiger charge is -2.28. The fraction of sp³-hybridized carbons (Fsp3) is 0.154. The zero-order valence-electron chi connectivity index (χ0n) is 18.8. The molecule has 5 rings (SSSR count). The maximum Gasteiger partial charge on any atom is 0.262 e. The van der Waals surface area contributed by atoms with Gasteiger partial charge in [-0.15, -0.1) is 10.2 Å². The number of amides is 1. The molecule has 4 aromatic rings. The summed E-state index contributed by atoms with van der Waals surface area (Å²) < 4.78 is 0. The monoisotopic (exact) mass is 482 g/mol. The molecule has 0 unspecified atom stereocenters. The number of ketones is 1. The number of H-pyrrole nitrogens is 2. The molecule has 2 N–H and O–H groups in total. The van der Waals surface area contributed by atoms with Crippen molar-refractivity contribution in [3.8, 4) is 22.6 Å². The van der Waals surface area contributed by atoms with E-state index in [9.17, 15) is 9.59 Å². The van der Waals surface area contributed by atoms with Gasteiger partial charge in [-0.2, -0.15) is 5.21 Å². The lowest BCUT2D eigenvalue weighted by Crippen LogP contribution is -2.44. The first-order valence-electron chi connectivity index (χ1n) is 11.3. The molecule has 2 aromatic carbocycles. The number of hydrogen-bond donors (Lipinski definition) is 2. The molecule has 0 spiro atoms. The smallest absolute Gasteiger partial charge is 0.262 e. The van der Waals surface area contributed by atoms with Gasteiger partial charge in [0.2, 0.25) is 5.82 Å². The third-order valence-corrected chi connectivity index (χ3v) is 6.25. The van der Waals surface area contributed by atoms with Crippen molar-refractivity contribution >= 4 is 35.0 Å². The maximum atomic E-state index is 13.1. The largest absolute Gasteiger partial charge is 0.355 e. The number of carbonyl (C=O) groups is 2. The van der Waals surface area contributed by atoms with Crippen molar-refractivity contribution < 1.29 is 9.59 Å². The van der Waals surface area contributed by atoms with Gasteiger partial charge in [0.05, 0.1) is 17.0 Å². The summed E-state index contributed by atoms with van der Waals surface area (Å²) >= 11 is 5.37. The minimum absolute atomic E-state index is 0.0728. The first kappa shape index (κ1) is 22.5. The molecule has 1 aliphatic rings. The second-order valence-electron chi connectivity index (χ2n) is 8.24. The molecule has 1 fully saturated rings. The highest BCUT2D eigenvalue weighted by Crippen LogP contribution is 2.25.